The number of rotatable bonds is 6. The van der Waals surface area contributed by atoms with Crippen molar-refractivity contribution in [1.29, 1.82) is 0 Å². The third-order valence-corrected chi connectivity index (χ3v) is 2.10. The van der Waals surface area contributed by atoms with Gasteiger partial charge in [0, 0.05) is 13.0 Å². The summed E-state index contributed by atoms with van der Waals surface area (Å²) in [5, 5.41) is 8.75. The van der Waals surface area contributed by atoms with Crippen LogP contribution in [0.3, 0.4) is 0 Å². The minimum atomic E-state index is -0.204. The van der Waals surface area contributed by atoms with Gasteiger partial charge in [-0.15, -0.1) is 0 Å². The summed E-state index contributed by atoms with van der Waals surface area (Å²) in [4.78, 5) is 10.8. The van der Waals surface area contributed by atoms with Crippen LogP contribution in [0.15, 0.2) is 12.2 Å². The summed E-state index contributed by atoms with van der Waals surface area (Å²) < 4.78 is 4.53. The quantitative estimate of drug-likeness (QED) is 0.505. The molecule has 0 saturated heterocycles. The summed E-state index contributed by atoms with van der Waals surface area (Å²) >= 11 is 0. The molecule has 0 aliphatic heterocycles. The Morgan fingerprint density at radius 1 is 1.54 bits per heavy atom. The van der Waals surface area contributed by atoms with Gasteiger partial charge in [-0.1, -0.05) is 12.2 Å². The maximum Gasteiger partial charge on any atom is 0.305 e. The molecule has 0 aliphatic carbocycles. The van der Waals surface area contributed by atoms with E-state index in [1.54, 1.807) is 0 Å². The van der Waals surface area contributed by atoms with Gasteiger partial charge < -0.3 is 9.84 Å². The second-order valence-electron chi connectivity index (χ2n) is 3.17. The molecule has 3 nitrogen and oxygen atoms in total. The van der Waals surface area contributed by atoms with E-state index >= 15 is 0 Å². The number of hydrogen-bond acceptors (Lipinski definition) is 3. The number of hydrogen-bond donors (Lipinski definition) is 1. The van der Waals surface area contributed by atoms with Crippen molar-refractivity contribution < 1.29 is 14.6 Å². The predicted molar refractivity (Wildman–Crippen MR) is 51.3 cm³/mol. The lowest BCUT2D eigenvalue weighted by molar-refractivity contribution is -0.140. The standard InChI is InChI=1S/C10H18O3/c1-8(2)9(6-7-11)4-5-10(12)13-3/h9,11H,1,4-7H2,2-3H3/t9-/m0/s1. The van der Waals surface area contributed by atoms with Gasteiger partial charge in [-0.2, -0.15) is 0 Å². The molecule has 1 N–H and O–H groups in total. The van der Waals surface area contributed by atoms with Crippen LogP contribution in [0, 0.1) is 5.92 Å². The lowest BCUT2D eigenvalue weighted by Gasteiger charge is -2.14. The minimum Gasteiger partial charge on any atom is -0.469 e. The number of esters is 1. The van der Waals surface area contributed by atoms with Crippen molar-refractivity contribution in [3.05, 3.63) is 12.2 Å². The third-order valence-electron chi connectivity index (χ3n) is 2.10. The largest absolute Gasteiger partial charge is 0.469 e. The second-order valence-corrected chi connectivity index (χ2v) is 3.17. The molecular weight excluding hydrogens is 168 g/mol. The highest BCUT2D eigenvalue weighted by Gasteiger charge is 2.11. The normalized spacial score (nSPS) is 12.2. The first kappa shape index (κ1) is 12.2. The molecule has 0 fully saturated rings. The van der Waals surface area contributed by atoms with Gasteiger partial charge in [-0.3, -0.25) is 4.79 Å². The first-order valence-corrected chi connectivity index (χ1v) is 4.45. The summed E-state index contributed by atoms with van der Waals surface area (Å²) in [6.07, 6.45) is 1.78. The number of carbonyl (C=O) groups is 1. The number of allylic oxidation sites excluding steroid dienone is 1. The third kappa shape index (κ3) is 5.42. The Morgan fingerprint density at radius 2 is 2.15 bits per heavy atom. The zero-order valence-corrected chi connectivity index (χ0v) is 8.38. The Balaban J connectivity index is 3.82. The molecule has 0 amide bonds. The fourth-order valence-corrected chi connectivity index (χ4v) is 1.19. The Kier molecular flexibility index (Phi) is 6.24. The minimum absolute atomic E-state index is 0.138. The fraction of sp³-hybridized carbons (Fsp3) is 0.700. The van der Waals surface area contributed by atoms with E-state index in [4.69, 9.17) is 5.11 Å². The van der Waals surface area contributed by atoms with Crippen LogP contribution in [0.4, 0.5) is 0 Å². The number of methoxy groups -OCH3 is 1. The van der Waals surface area contributed by atoms with Crippen molar-refractivity contribution in [3.63, 3.8) is 0 Å². The highest BCUT2D eigenvalue weighted by atomic mass is 16.5. The molecule has 0 unspecified atom stereocenters. The zero-order chi connectivity index (χ0) is 10.3. The molecule has 0 bridgehead atoms. The van der Waals surface area contributed by atoms with Crippen LogP contribution in [0.5, 0.6) is 0 Å². The van der Waals surface area contributed by atoms with Crippen molar-refractivity contribution in [2.75, 3.05) is 13.7 Å². The van der Waals surface area contributed by atoms with E-state index < -0.39 is 0 Å². The maximum absolute atomic E-state index is 10.8. The van der Waals surface area contributed by atoms with E-state index in [1.165, 1.54) is 7.11 Å². The number of ether oxygens (including phenoxy) is 1. The molecular formula is C10H18O3. The first-order chi connectivity index (χ1) is 6.11. The highest BCUT2D eigenvalue weighted by molar-refractivity contribution is 5.69. The molecule has 13 heavy (non-hydrogen) atoms. The molecule has 0 aliphatic rings. The van der Waals surface area contributed by atoms with Gasteiger partial charge in [-0.05, 0) is 25.7 Å². The topological polar surface area (TPSA) is 46.5 Å². The number of aliphatic hydroxyl groups excluding tert-OH is 1. The Morgan fingerprint density at radius 3 is 2.54 bits per heavy atom. The summed E-state index contributed by atoms with van der Waals surface area (Å²) in [7, 11) is 1.38. The molecule has 0 saturated carbocycles. The van der Waals surface area contributed by atoms with Crippen molar-refractivity contribution in [2.24, 2.45) is 5.92 Å². The molecule has 76 valence electrons. The Labute approximate surface area is 79.4 Å². The van der Waals surface area contributed by atoms with Crippen molar-refractivity contribution in [3.8, 4) is 0 Å². The highest BCUT2D eigenvalue weighted by Crippen LogP contribution is 2.18. The monoisotopic (exact) mass is 186 g/mol. The van der Waals surface area contributed by atoms with Crippen LogP contribution in [0.2, 0.25) is 0 Å². The van der Waals surface area contributed by atoms with Gasteiger partial charge in [-0.25, -0.2) is 0 Å². The number of aliphatic hydroxyl groups is 1. The Bertz CT molecular complexity index is 175. The molecule has 0 aromatic rings. The van der Waals surface area contributed by atoms with Crippen LogP contribution in [0.1, 0.15) is 26.2 Å². The van der Waals surface area contributed by atoms with Gasteiger partial charge in [0.25, 0.3) is 0 Å². The van der Waals surface area contributed by atoms with E-state index in [1.807, 2.05) is 6.92 Å². The fourth-order valence-electron chi connectivity index (χ4n) is 1.19. The maximum atomic E-state index is 10.8. The van der Waals surface area contributed by atoms with Crippen molar-refractivity contribution >= 4 is 5.97 Å². The molecule has 1 atom stereocenters. The van der Waals surface area contributed by atoms with E-state index in [9.17, 15) is 4.79 Å². The van der Waals surface area contributed by atoms with Gasteiger partial charge in [0.15, 0.2) is 0 Å². The lowest BCUT2D eigenvalue weighted by Crippen LogP contribution is -2.08. The second kappa shape index (κ2) is 6.66. The molecule has 0 radical (unpaired) electrons. The van der Waals surface area contributed by atoms with Crippen molar-refractivity contribution in [2.45, 2.75) is 26.2 Å². The van der Waals surface area contributed by atoms with Gasteiger partial charge in [0.1, 0.15) is 0 Å². The molecule has 0 aromatic carbocycles. The van der Waals surface area contributed by atoms with Gasteiger partial charge in [0.2, 0.25) is 0 Å². The molecule has 0 aromatic heterocycles. The van der Waals surface area contributed by atoms with Crippen LogP contribution < -0.4 is 0 Å². The lowest BCUT2D eigenvalue weighted by atomic mass is 9.93. The number of carbonyl (C=O) groups excluding carboxylic acids is 1. The van der Waals surface area contributed by atoms with Crippen LogP contribution in [-0.4, -0.2) is 24.8 Å². The van der Waals surface area contributed by atoms with Crippen LogP contribution in [-0.2, 0) is 9.53 Å². The summed E-state index contributed by atoms with van der Waals surface area (Å²) in [6.45, 7) is 5.87. The SMILES string of the molecule is C=C(C)[C@H](CCO)CCC(=O)OC. The summed E-state index contributed by atoms with van der Waals surface area (Å²) in [5.41, 5.74) is 1.01. The van der Waals surface area contributed by atoms with E-state index in [0.717, 1.165) is 5.57 Å². The average Bonchev–Trinajstić information content (AvgIpc) is 2.11. The molecule has 3 heteroatoms. The molecule has 0 heterocycles. The summed E-state index contributed by atoms with van der Waals surface area (Å²) in [6, 6.07) is 0. The summed E-state index contributed by atoms with van der Waals surface area (Å²) in [5.74, 6) is 0.0216. The van der Waals surface area contributed by atoms with Gasteiger partial charge >= 0.3 is 5.97 Å². The van der Waals surface area contributed by atoms with Crippen molar-refractivity contribution in [1.82, 2.24) is 0 Å². The predicted octanol–water partition coefficient (Wildman–Crippen LogP) is 1.51. The average molecular weight is 186 g/mol. The van der Waals surface area contributed by atoms with Gasteiger partial charge in [0.05, 0.1) is 7.11 Å². The molecule has 0 rings (SSSR count). The zero-order valence-electron chi connectivity index (χ0n) is 8.38. The first-order valence-electron chi connectivity index (χ1n) is 4.45. The smallest absolute Gasteiger partial charge is 0.305 e. The van der Waals surface area contributed by atoms with E-state index in [0.29, 0.717) is 19.3 Å². The molecule has 0 spiro atoms. The van der Waals surface area contributed by atoms with Crippen LogP contribution in [0.25, 0.3) is 0 Å². The van der Waals surface area contributed by atoms with E-state index in [-0.39, 0.29) is 18.5 Å². The van der Waals surface area contributed by atoms with E-state index in [2.05, 4.69) is 11.3 Å². The van der Waals surface area contributed by atoms with Crippen LogP contribution >= 0.6 is 0 Å². The Hall–Kier alpha value is -0.830.